The summed E-state index contributed by atoms with van der Waals surface area (Å²) in [5.41, 5.74) is 0.895. The summed E-state index contributed by atoms with van der Waals surface area (Å²) in [5.74, 6) is 0.135. The van der Waals surface area contributed by atoms with E-state index in [1.807, 2.05) is 6.92 Å². The van der Waals surface area contributed by atoms with E-state index in [9.17, 15) is 9.18 Å². The predicted molar refractivity (Wildman–Crippen MR) is 131 cm³/mol. The van der Waals surface area contributed by atoms with Gasteiger partial charge < -0.3 is 25.2 Å². The molecule has 7 nitrogen and oxygen atoms in total. The van der Waals surface area contributed by atoms with Gasteiger partial charge in [-0.05, 0) is 38.0 Å². The highest BCUT2D eigenvalue weighted by atomic mass is 127. The quantitative estimate of drug-likeness (QED) is 0.212. The smallest absolute Gasteiger partial charge is 0.243 e. The Hall–Kier alpha value is -1.33. The summed E-state index contributed by atoms with van der Waals surface area (Å²) in [7, 11) is 3.42. The van der Waals surface area contributed by atoms with Gasteiger partial charge in [0.15, 0.2) is 5.96 Å². The van der Waals surface area contributed by atoms with Gasteiger partial charge in [-0.2, -0.15) is 0 Å². The predicted octanol–water partition coefficient (Wildman–Crippen LogP) is 2.73. The molecular formula is C20H32ClFIN5O2. The molecular weight excluding hydrogens is 524 g/mol. The van der Waals surface area contributed by atoms with Gasteiger partial charge in [0, 0.05) is 58.7 Å². The zero-order valence-electron chi connectivity index (χ0n) is 17.8. The number of ether oxygens (including phenoxy) is 1. The third-order valence-electron chi connectivity index (χ3n) is 4.63. The van der Waals surface area contributed by atoms with Crippen LogP contribution in [0.2, 0.25) is 5.02 Å². The fraction of sp³-hybridized carbons (Fsp3) is 0.600. The minimum absolute atomic E-state index is 0. The van der Waals surface area contributed by atoms with E-state index in [-0.39, 0.29) is 47.5 Å². The topological polar surface area (TPSA) is 69.2 Å². The highest BCUT2D eigenvalue weighted by Gasteiger charge is 2.24. The van der Waals surface area contributed by atoms with Crippen LogP contribution in [0, 0.1) is 5.82 Å². The van der Waals surface area contributed by atoms with Crippen LogP contribution in [0.25, 0.3) is 0 Å². The van der Waals surface area contributed by atoms with Gasteiger partial charge in [0.05, 0.1) is 5.02 Å². The molecule has 0 bridgehead atoms. The number of aliphatic imine (C=N–C) groups is 1. The van der Waals surface area contributed by atoms with Crippen molar-refractivity contribution in [2.24, 2.45) is 4.99 Å². The largest absolute Gasteiger partial charge is 0.382 e. The average molecular weight is 556 g/mol. The Morgan fingerprint density at radius 1 is 1.43 bits per heavy atom. The molecule has 0 aliphatic carbocycles. The maximum atomic E-state index is 13.4. The third-order valence-corrected chi connectivity index (χ3v) is 4.92. The Morgan fingerprint density at radius 2 is 2.20 bits per heavy atom. The van der Waals surface area contributed by atoms with Crippen LogP contribution in [0.5, 0.6) is 0 Å². The molecule has 0 saturated carbocycles. The summed E-state index contributed by atoms with van der Waals surface area (Å²) in [6.07, 6.45) is 1.75. The molecule has 30 heavy (non-hydrogen) atoms. The maximum absolute atomic E-state index is 13.4. The van der Waals surface area contributed by atoms with E-state index >= 15 is 0 Å². The molecule has 1 unspecified atom stereocenters. The number of anilines is 1. The maximum Gasteiger partial charge on any atom is 0.243 e. The zero-order valence-corrected chi connectivity index (χ0v) is 20.9. The van der Waals surface area contributed by atoms with Crippen molar-refractivity contribution >= 4 is 53.1 Å². The molecule has 2 rings (SSSR count). The van der Waals surface area contributed by atoms with Crippen molar-refractivity contribution < 1.29 is 13.9 Å². The lowest BCUT2D eigenvalue weighted by Crippen LogP contribution is -2.45. The van der Waals surface area contributed by atoms with E-state index in [2.05, 4.69) is 20.5 Å². The molecule has 1 aliphatic rings. The molecule has 0 aromatic heterocycles. The van der Waals surface area contributed by atoms with Crippen LogP contribution in [0.1, 0.15) is 19.8 Å². The summed E-state index contributed by atoms with van der Waals surface area (Å²) in [6, 6.07) is 4.93. The number of amides is 1. The number of guanidine groups is 1. The standard InChI is InChI=1S/C20H31ClFN5O2.HI/c1-4-29-11-5-9-23-20(24-13-19(28)26(2)3)25-15-8-10-27(14-15)16-6-7-18(22)17(21)12-16;/h6-7,12,15H,4-5,8-11,13-14H2,1-3H3,(H2,23,24,25);1H. The first kappa shape index (κ1) is 26.7. The summed E-state index contributed by atoms with van der Waals surface area (Å²) < 4.78 is 18.8. The number of nitrogens with zero attached hydrogens (tertiary/aromatic N) is 3. The number of likely N-dealkylation sites (N-methyl/N-ethyl adjacent to an activating group) is 1. The number of halogens is 3. The van der Waals surface area contributed by atoms with Crippen molar-refractivity contribution in [3.63, 3.8) is 0 Å². The molecule has 0 spiro atoms. The molecule has 1 aliphatic heterocycles. The molecule has 1 aromatic carbocycles. The highest BCUT2D eigenvalue weighted by molar-refractivity contribution is 14.0. The average Bonchev–Trinajstić information content (AvgIpc) is 3.16. The highest BCUT2D eigenvalue weighted by Crippen LogP contribution is 2.25. The van der Waals surface area contributed by atoms with E-state index in [0.717, 1.165) is 31.6 Å². The van der Waals surface area contributed by atoms with Crippen LogP contribution >= 0.6 is 35.6 Å². The minimum atomic E-state index is -0.416. The summed E-state index contributed by atoms with van der Waals surface area (Å²) in [6.45, 7) is 5.69. The second kappa shape index (κ2) is 13.9. The molecule has 0 radical (unpaired) electrons. The summed E-state index contributed by atoms with van der Waals surface area (Å²) in [5, 5.41) is 6.80. The van der Waals surface area contributed by atoms with Gasteiger partial charge in [0.25, 0.3) is 0 Å². The Bertz CT molecular complexity index is 708. The lowest BCUT2D eigenvalue weighted by molar-refractivity contribution is -0.127. The second-order valence-corrected chi connectivity index (χ2v) is 7.51. The number of carbonyl (C=O) groups excluding carboxylic acids is 1. The van der Waals surface area contributed by atoms with Crippen molar-refractivity contribution in [2.75, 3.05) is 58.4 Å². The van der Waals surface area contributed by atoms with Crippen LogP contribution in [-0.2, 0) is 9.53 Å². The Labute approximate surface area is 200 Å². The van der Waals surface area contributed by atoms with Crippen molar-refractivity contribution in [1.82, 2.24) is 15.5 Å². The number of carbonyl (C=O) groups is 1. The van der Waals surface area contributed by atoms with Gasteiger partial charge in [0.1, 0.15) is 12.4 Å². The van der Waals surface area contributed by atoms with Gasteiger partial charge in [0.2, 0.25) is 5.91 Å². The van der Waals surface area contributed by atoms with Crippen molar-refractivity contribution in [3.05, 3.63) is 29.0 Å². The van der Waals surface area contributed by atoms with Crippen LogP contribution in [-0.4, -0.2) is 76.3 Å². The monoisotopic (exact) mass is 555 g/mol. The summed E-state index contributed by atoms with van der Waals surface area (Å²) in [4.78, 5) is 20.0. The van der Waals surface area contributed by atoms with Crippen LogP contribution < -0.4 is 15.5 Å². The number of nitrogens with one attached hydrogen (secondary N) is 2. The second-order valence-electron chi connectivity index (χ2n) is 7.10. The van der Waals surface area contributed by atoms with Crippen LogP contribution in [0.15, 0.2) is 23.2 Å². The lowest BCUT2D eigenvalue weighted by Gasteiger charge is -2.21. The molecule has 170 valence electrons. The number of benzene rings is 1. The Kier molecular flexibility index (Phi) is 12.3. The van der Waals surface area contributed by atoms with Gasteiger partial charge in [-0.15, -0.1) is 24.0 Å². The molecule has 1 heterocycles. The number of rotatable bonds is 9. The molecule has 1 saturated heterocycles. The first-order valence-electron chi connectivity index (χ1n) is 9.93. The molecule has 1 fully saturated rings. The van der Waals surface area contributed by atoms with E-state index < -0.39 is 5.82 Å². The fourth-order valence-electron chi connectivity index (χ4n) is 2.95. The van der Waals surface area contributed by atoms with Gasteiger partial charge >= 0.3 is 0 Å². The Balaban J connectivity index is 0.00000450. The van der Waals surface area contributed by atoms with Crippen LogP contribution in [0.3, 0.4) is 0 Å². The fourth-order valence-corrected chi connectivity index (χ4v) is 3.13. The van der Waals surface area contributed by atoms with Crippen LogP contribution in [0.4, 0.5) is 10.1 Å². The molecule has 1 aromatic rings. The molecule has 2 N–H and O–H groups in total. The van der Waals surface area contributed by atoms with Gasteiger partial charge in [-0.1, -0.05) is 11.6 Å². The molecule has 1 atom stereocenters. The minimum Gasteiger partial charge on any atom is -0.382 e. The van der Waals surface area contributed by atoms with Crippen molar-refractivity contribution in [1.29, 1.82) is 0 Å². The number of hydrogen-bond donors (Lipinski definition) is 2. The number of hydrogen-bond acceptors (Lipinski definition) is 4. The van der Waals surface area contributed by atoms with E-state index in [0.29, 0.717) is 25.7 Å². The van der Waals surface area contributed by atoms with Gasteiger partial charge in [-0.25, -0.2) is 9.38 Å². The van der Waals surface area contributed by atoms with Gasteiger partial charge in [-0.3, -0.25) is 4.79 Å². The first-order chi connectivity index (χ1) is 13.9. The summed E-state index contributed by atoms with van der Waals surface area (Å²) >= 11 is 5.91. The SMILES string of the molecule is CCOCCCNC(=NCC(=O)N(C)C)NC1CCN(c2ccc(F)c(Cl)c2)C1.I. The Morgan fingerprint density at radius 3 is 2.87 bits per heavy atom. The van der Waals surface area contributed by atoms with E-state index in [1.54, 1.807) is 26.2 Å². The van der Waals surface area contributed by atoms with Crippen molar-refractivity contribution in [2.45, 2.75) is 25.8 Å². The zero-order chi connectivity index (χ0) is 21.2. The molecule has 1 amide bonds. The third kappa shape index (κ3) is 8.81. The first-order valence-corrected chi connectivity index (χ1v) is 10.3. The van der Waals surface area contributed by atoms with E-state index in [4.69, 9.17) is 16.3 Å². The normalized spacial score (nSPS) is 16.2. The molecule has 10 heteroatoms. The lowest BCUT2D eigenvalue weighted by atomic mass is 10.2. The van der Waals surface area contributed by atoms with Crippen molar-refractivity contribution in [3.8, 4) is 0 Å². The van der Waals surface area contributed by atoms with E-state index in [1.165, 1.54) is 11.0 Å².